The molecule has 0 atom stereocenters. The van der Waals surface area contributed by atoms with Crippen molar-refractivity contribution in [1.29, 1.82) is 0 Å². The normalized spacial score (nSPS) is 15.6. The third-order valence-corrected chi connectivity index (χ3v) is 3.49. The largest absolute Gasteiger partial charge is 0.352 e. The third kappa shape index (κ3) is 4.63. The van der Waals surface area contributed by atoms with Gasteiger partial charge in [0.15, 0.2) is 0 Å². The highest BCUT2D eigenvalue weighted by molar-refractivity contribution is 5.94. The second-order valence-electron chi connectivity index (χ2n) is 5.02. The van der Waals surface area contributed by atoms with Gasteiger partial charge in [-0.1, -0.05) is 0 Å². The van der Waals surface area contributed by atoms with Gasteiger partial charge in [0.2, 0.25) is 0 Å². The van der Waals surface area contributed by atoms with Gasteiger partial charge in [-0.25, -0.2) is 4.39 Å². The SMILES string of the molecule is O=C(NCCCCN1CCCC1)c1ccc(F)cc1. The fourth-order valence-electron chi connectivity index (χ4n) is 2.37. The summed E-state index contributed by atoms with van der Waals surface area (Å²) in [7, 11) is 0. The Balaban J connectivity index is 1.59. The van der Waals surface area contributed by atoms with Crippen LogP contribution >= 0.6 is 0 Å². The highest BCUT2D eigenvalue weighted by Gasteiger charge is 2.10. The van der Waals surface area contributed by atoms with Crippen LogP contribution in [-0.4, -0.2) is 37.0 Å². The van der Waals surface area contributed by atoms with E-state index in [4.69, 9.17) is 0 Å². The Kier molecular flexibility index (Phi) is 5.33. The van der Waals surface area contributed by atoms with E-state index in [0.29, 0.717) is 12.1 Å². The average Bonchev–Trinajstić information content (AvgIpc) is 2.92. The first-order valence-electron chi connectivity index (χ1n) is 7.02. The van der Waals surface area contributed by atoms with Crippen LogP contribution in [0.1, 0.15) is 36.0 Å². The summed E-state index contributed by atoms with van der Waals surface area (Å²) in [5.74, 6) is -0.441. The second kappa shape index (κ2) is 7.24. The molecule has 1 saturated heterocycles. The highest BCUT2D eigenvalue weighted by Crippen LogP contribution is 2.08. The number of nitrogens with one attached hydrogen (secondary N) is 1. The van der Waals surface area contributed by atoms with Crippen LogP contribution < -0.4 is 5.32 Å². The van der Waals surface area contributed by atoms with Crippen LogP contribution in [0.3, 0.4) is 0 Å². The molecule has 1 aromatic carbocycles. The van der Waals surface area contributed by atoms with Crippen molar-refractivity contribution in [3.63, 3.8) is 0 Å². The summed E-state index contributed by atoms with van der Waals surface area (Å²) in [4.78, 5) is 14.2. The van der Waals surface area contributed by atoms with Gasteiger partial charge in [-0.15, -0.1) is 0 Å². The van der Waals surface area contributed by atoms with E-state index in [9.17, 15) is 9.18 Å². The Hall–Kier alpha value is -1.42. The minimum absolute atomic E-state index is 0.124. The van der Waals surface area contributed by atoms with Crippen molar-refractivity contribution in [3.05, 3.63) is 35.6 Å². The predicted molar refractivity (Wildman–Crippen MR) is 73.6 cm³/mol. The van der Waals surface area contributed by atoms with Crippen LogP contribution in [0.4, 0.5) is 4.39 Å². The first-order chi connectivity index (χ1) is 9.25. The van der Waals surface area contributed by atoms with Gasteiger partial charge in [-0.05, 0) is 69.6 Å². The zero-order valence-corrected chi connectivity index (χ0v) is 11.2. The van der Waals surface area contributed by atoms with Crippen molar-refractivity contribution < 1.29 is 9.18 Å². The van der Waals surface area contributed by atoms with Crippen LogP contribution in [0.25, 0.3) is 0 Å². The van der Waals surface area contributed by atoms with E-state index in [1.165, 1.54) is 50.2 Å². The number of carbonyl (C=O) groups is 1. The van der Waals surface area contributed by atoms with Gasteiger partial charge in [-0.2, -0.15) is 0 Å². The molecule has 1 fully saturated rings. The minimum Gasteiger partial charge on any atom is -0.352 e. The van der Waals surface area contributed by atoms with E-state index in [2.05, 4.69) is 10.2 Å². The molecule has 2 rings (SSSR count). The molecule has 0 radical (unpaired) electrons. The average molecular weight is 264 g/mol. The summed E-state index contributed by atoms with van der Waals surface area (Å²) in [5.41, 5.74) is 0.515. The number of benzene rings is 1. The van der Waals surface area contributed by atoms with Crippen LogP contribution in [-0.2, 0) is 0 Å². The van der Waals surface area contributed by atoms with Gasteiger partial charge in [0.05, 0.1) is 0 Å². The van der Waals surface area contributed by atoms with Crippen LogP contribution in [0, 0.1) is 5.82 Å². The number of hydrogen-bond acceptors (Lipinski definition) is 2. The number of rotatable bonds is 6. The summed E-state index contributed by atoms with van der Waals surface area (Å²) < 4.78 is 12.7. The molecule has 0 unspecified atom stereocenters. The minimum atomic E-state index is -0.317. The van der Waals surface area contributed by atoms with E-state index >= 15 is 0 Å². The molecule has 104 valence electrons. The highest BCUT2D eigenvalue weighted by atomic mass is 19.1. The van der Waals surface area contributed by atoms with E-state index in [-0.39, 0.29) is 11.7 Å². The molecule has 19 heavy (non-hydrogen) atoms. The fraction of sp³-hybridized carbons (Fsp3) is 0.533. The van der Waals surface area contributed by atoms with Crippen LogP contribution in [0.5, 0.6) is 0 Å². The van der Waals surface area contributed by atoms with Gasteiger partial charge in [0.1, 0.15) is 5.82 Å². The molecule has 1 N–H and O–H groups in total. The number of nitrogens with zero attached hydrogens (tertiary/aromatic N) is 1. The molecule has 0 bridgehead atoms. The second-order valence-corrected chi connectivity index (χ2v) is 5.02. The molecule has 1 amide bonds. The van der Waals surface area contributed by atoms with E-state index in [1.54, 1.807) is 0 Å². The lowest BCUT2D eigenvalue weighted by Gasteiger charge is -2.14. The molecule has 4 heteroatoms. The first-order valence-corrected chi connectivity index (χ1v) is 7.02. The zero-order chi connectivity index (χ0) is 13.5. The van der Waals surface area contributed by atoms with Crippen molar-refractivity contribution in [3.8, 4) is 0 Å². The number of hydrogen-bond donors (Lipinski definition) is 1. The van der Waals surface area contributed by atoms with Gasteiger partial charge in [0.25, 0.3) is 5.91 Å². The van der Waals surface area contributed by atoms with Crippen molar-refractivity contribution in [1.82, 2.24) is 10.2 Å². The lowest BCUT2D eigenvalue weighted by atomic mass is 10.2. The maximum absolute atomic E-state index is 12.7. The van der Waals surface area contributed by atoms with Crippen LogP contribution in [0.2, 0.25) is 0 Å². The van der Waals surface area contributed by atoms with Gasteiger partial charge < -0.3 is 10.2 Å². The zero-order valence-electron chi connectivity index (χ0n) is 11.2. The van der Waals surface area contributed by atoms with Crippen molar-refractivity contribution in [2.24, 2.45) is 0 Å². The molecule has 0 spiro atoms. The predicted octanol–water partition coefficient (Wildman–Crippen LogP) is 2.43. The van der Waals surface area contributed by atoms with Gasteiger partial charge in [0, 0.05) is 12.1 Å². The van der Waals surface area contributed by atoms with E-state index < -0.39 is 0 Å². The molecular weight excluding hydrogens is 243 g/mol. The number of unbranched alkanes of at least 4 members (excludes halogenated alkanes) is 1. The molecule has 0 aliphatic carbocycles. The Labute approximate surface area is 113 Å². The summed E-state index contributed by atoms with van der Waals surface area (Å²) in [6.07, 6.45) is 4.75. The standard InChI is InChI=1S/C15H21FN2O/c16-14-7-5-13(6-8-14)15(19)17-9-1-2-10-18-11-3-4-12-18/h5-8H,1-4,9-12H2,(H,17,19). The van der Waals surface area contributed by atoms with Crippen molar-refractivity contribution >= 4 is 5.91 Å². The number of likely N-dealkylation sites (tertiary alicyclic amines) is 1. The Morgan fingerprint density at radius 1 is 1.16 bits per heavy atom. The lowest BCUT2D eigenvalue weighted by molar-refractivity contribution is 0.0952. The van der Waals surface area contributed by atoms with Crippen LogP contribution in [0.15, 0.2) is 24.3 Å². The molecule has 1 aliphatic rings. The first kappa shape index (κ1) is 14.0. The fourth-order valence-corrected chi connectivity index (χ4v) is 2.37. The topological polar surface area (TPSA) is 32.3 Å². The number of halogens is 1. The van der Waals surface area contributed by atoms with E-state index in [1.807, 2.05) is 0 Å². The maximum Gasteiger partial charge on any atom is 0.251 e. The number of amides is 1. The molecule has 0 aromatic heterocycles. The monoisotopic (exact) mass is 264 g/mol. The maximum atomic E-state index is 12.7. The van der Waals surface area contributed by atoms with Crippen molar-refractivity contribution in [2.45, 2.75) is 25.7 Å². The summed E-state index contributed by atoms with van der Waals surface area (Å²) in [6, 6.07) is 5.63. The molecule has 0 saturated carbocycles. The quantitative estimate of drug-likeness (QED) is 0.800. The summed E-state index contributed by atoms with van der Waals surface area (Å²) in [5, 5.41) is 2.86. The number of carbonyl (C=O) groups excluding carboxylic acids is 1. The van der Waals surface area contributed by atoms with E-state index in [0.717, 1.165) is 19.4 Å². The Morgan fingerprint density at radius 3 is 2.53 bits per heavy atom. The molecular formula is C15H21FN2O. The molecule has 1 heterocycles. The molecule has 1 aromatic rings. The summed E-state index contributed by atoms with van der Waals surface area (Å²) >= 11 is 0. The van der Waals surface area contributed by atoms with Crippen molar-refractivity contribution in [2.75, 3.05) is 26.2 Å². The summed E-state index contributed by atoms with van der Waals surface area (Å²) in [6.45, 7) is 4.26. The molecule has 1 aliphatic heterocycles. The lowest BCUT2D eigenvalue weighted by Crippen LogP contribution is -2.26. The van der Waals surface area contributed by atoms with Gasteiger partial charge in [-0.3, -0.25) is 4.79 Å². The Bertz CT molecular complexity index is 399. The molecule has 3 nitrogen and oxygen atoms in total. The van der Waals surface area contributed by atoms with Gasteiger partial charge >= 0.3 is 0 Å². The third-order valence-electron chi connectivity index (χ3n) is 3.49. The Morgan fingerprint density at radius 2 is 1.84 bits per heavy atom. The smallest absolute Gasteiger partial charge is 0.251 e.